The Morgan fingerprint density at radius 3 is 2.70 bits per heavy atom. The van der Waals surface area contributed by atoms with E-state index in [1.807, 2.05) is 18.2 Å². The monoisotopic (exact) mass is 555 g/mol. The smallest absolute Gasteiger partial charge is 0.335 e. The van der Waals surface area contributed by atoms with Crippen LogP contribution < -0.4 is 4.90 Å². The number of fused-ring (bicyclic) bond motifs is 1. The number of carboxylic acid groups (broad SMARTS) is 1. The van der Waals surface area contributed by atoms with Gasteiger partial charge in [-0.25, -0.2) is 9.78 Å². The van der Waals surface area contributed by atoms with Gasteiger partial charge >= 0.3 is 5.97 Å². The molecule has 1 spiro atoms. The topological polar surface area (TPSA) is 88.7 Å². The molecule has 10 heteroatoms. The van der Waals surface area contributed by atoms with Crippen molar-refractivity contribution in [3.8, 4) is 11.3 Å². The number of rotatable bonds is 7. The van der Waals surface area contributed by atoms with Gasteiger partial charge in [-0.15, -0.1) is 0 Å². The molecule has 0 bridgehead atoms. The highest BCUT2D eigenvalue weighted by atomic mass is 35.5. The Kier molecular flexibility index (Phi) is 5.52. The molecule has 7 nitrogen and oxygen atoms in total. The summed E-state index contributed by atoms with van der Waals surface area (Å²) in [5, 5.41) is 15.7. The molecule has 3 aliphatic rings. The molecule has 1 atom stereocenters. The third-order valence-electron chi connectivity index (χ3n) is 7.76. The van der Waals surface area contributed by atoms with Crippen molar-refractivity contribution in [3.63, 3.8) is 0 Å². The van der Waals surface area contributed by atoms with E-state index in [9.17, 15) is 9.90 Å². The third kappa shape index (κ3) is 4.11. The third-order valence-corrected chi connectivity index (χ3v) is 9.47. The second-order valence-electron chi connectivity index (χ2n) is 10.3. The molecule has 2 aromatic carbocycles. The molecule has 190 valence electrons. The summed E-state index contributed by atoms with van der Waals surface area (Å²) >= 11 is 14.6. The second-order valence-corrected chi connectivity index (χ2v) is 12.1. The summed E-state index contributed by atoms with van der Waals surface area (Å²) in [4.78, 5) is 18.4. The zero-order valence-electron chi connectivity index (χ0n) is 19.7. The number of hydrogen-bond acceptors (Lipinski definition) is 7. The standard InChI is InChI=1S/C27H23Cl2N3O4S/c28-17-2-1-3-18(29)22(17)23-16(24(36-31-23)14-4-5-14)12-35-21-11-32(13-27(21)8-9-27)26-30-19-7-6-15(25(33)34)10-20(19)37-26/h1-3,6-7,10,14,21H,4-5,8-9,11-13H2,(H,33,34). The summed E-state index contributed by atoms with van der Waals surface area (Å²) in [6.45, 7) is 2.00. The molecule has 0 amide bonds. The van der Waals surface area contributed by atoms with Gasteiger partial charge in [-0.3, -0.25) is 0 Å². The maximum atomic E-state index is 11.4. The fraction of sp³-hybridized carbons (Fsp3) is 0.370. The van der Waals surface area contributed by atoms with Gasteiger partial charge in [0.1, 0.15) is 11.5 Å². The lowest BCUT2D eigenvalue weighted by molar-refractivity contribution is 0.0176. The minimum Gasteiger partial charge on any atom is -0.478 e. The molecule has 7 rings (SSSR count). The predicted octanol–water partition coefficient (Wildman–Crippen LogP) is 7.02. The van der Waals surface area contributed by atoms with Gasteiger partial charge in [0.2, 0.25) is 0 Å². The molecule has 3 fully saturated rings. The molecule has 4 aromatic rings. The van der Waals surface area contributed by atoms with E-state index >= 15 is 0 Å². The van der Waals surface area contributed by atoms with Crippen LogP contribution in [0.25, 0.3) is 21.5 Å². The number of aromatic carboxylic acids is 1. The molecule has 2 aromatic heterocycles. The van der Waals surface area contributed by atoms with Crippen molar-refractivity contribution >= 4 is 55.9 Å². The van der Waals surface area contributed by atoms with E-state index in [0.717, 1.165) is 65.4 Å². The van der Waals surface area contributed by atoms with Crippen molar-refractivity contribution in [1.29, 1.82) is 0 Å². The molecule has 2 saturated carbocycles. The van der Waals surface area contributed by atoms with Crippen molar-refractivity contribution in [2.75, 3.05) is 18.0 Å². The zero-order chi connectivity index (χ0) is 25.3. The van der Waals surface area contributed by atoms with E-state index in [1.165, 1.54) is 11.3 Å². The quantitative estimate of drug-likeness (QED) is 0.262. The number of anilines is 1. The Hall–Kier alpha value is -2.65. The van der Waals surface area contributed by atoms with Crippen molar-refractivity contribution in [2.45, 2.75) is 44.3 Å². The van der Waals surface area contributed by atoms with Crippen LogP contribution in [0.2, 0.25) is 10.0 Å². The number of carbonyl (C=O) groups is 1. The van der Waals surface area contributed by atoms with Gasteiger partial charge in [-0.05, 0) is 56.0 Å². The largest absolute Gasteiger partial charge is 0.478 e. The molecule has 1 unspecified atom stereocenters. The fourth-order valence-corrected chi connectivity index (χ4v) is 6.96. The molecule has 1 aliphatic heterocycles. The van der Waals surface area contributed by atoms with E-state index in [0.29, 0.717) is 33.8 Å². The highest BCUT2D eigenvalue weighted by Crippen LogP contribution is 2.55. The van der Waals surface area contributed by atoms with Crippen LogP contribution >= 0.6 is 34.5 Å². The van der Waals surface area contributed by atoms with Crippen LogP contribution in [0.3, 0.4) is 0 Å². The maximum Gasteiger partial charge on any atom is 0.335 e. The number of thiazole rings is 1. The van der Waals surface area contributed by atoms with Crippen LogP contribution in [0, 0.1) is 5.41 Å². The number of ether oxygens (including phenoxy) is 1. The minimum atomic E-state index is -0.930. The molecule has 1 saturated heterocycles. The number of halogens is 2. The van der Waals surface area contributed by atoms with E-state index in [2.05, 4.69) is 10.1 Å². The molecule has 37 heavy (non-hydrogen) atoms. The molecular weight excluding hydrogens is 533 g/mol. The van der Waals surface area contributed by atoms with Crippen molar-refractivity contribution in [1.82, 2.24) is 10.1 Å². The van der Waals surface area contributed by atoms with E-state index < -0.39 is 5.97 Å². The van der Waals surface area contributed by atoms with Crippen LogP contribution in [0.4, 0.5) is 5.13 Å². The molecule has 3 heterocycles. The lowest BCUT2D eigenvalue weighted by atomic mass is 10.0. The Balaban J connectivity index is 1.14. The first-order chi connectivity index (χ1) is 17.9. The van der Waals surface area contributed by atoms with Crippen LogP contribution in [-0.2, 0) is 11.3 Å². The van der Waals surface area contributed by atoms with E-state index in [1.54, 1.807) is 18.2 Å². The number of benzene rings is 2. The number of aromatic nitrogens is 2. The lowest BCUT2D eigenvalue weighted by Crippen LogP contribution is -2.24. The first-order valence-electron chi connectivity index (χ1n) is 12.4. The Morgan fingerprint density at radius 1 is 1.22 bits per heavy atom. The van der Waals surface area contributed by atoms with Crippen molar-refractivity contribution in [2.24, 2.45) is 5.41 Å². The Morgan fingerprint density at radius 2 is 2.00 bits per heavy atom. The van der Waals surface area contributed by atoms with Crippen LogP contribution in [0.1, 0.15) is 53.3 Å². The predicted molar refractivity (Wildman–Crippen MR) is 143 cm³/mol. The normalized spacial score (nSPS) is 20.3. The maximum absolute atomic E-state index is 11.4. The van der Waals surface area contributed by atoms with Gasteiger partial charge < -0.3 is 19.3 Å². The molecular formula is C27H23Cl2N3O4S. The summed E-state index contributed by atoms with van der Waals surface area (Å²) in [5.41, 5.74) is 3.50. The number of hydrogen-bond donors (Lipinski definition) is 1. The SMILES string of the molecule is O=C(O)c1ccc2nc(N3CC(OCc4c(-c5c(Cl)cccc5Cl)noc4C4CC4)C4(CC4)C3)sc2c1. The van der Waals surface area contributed by atoms with Gasteiger partial charge in [-0.2, -0.15) is 0 Å². The fourth-order valence-electron chi connectivity index (χ4n) is 5.37. The van der Waals surface area contributed by atoms with E-state index in [-0.39, 0.29) is 17.1 Å². The summed E-state index contributed by atoms with van der Waals surface area (Å²) in [6.07, 6.45) is 4.45. The molecule has 0 radical (unpaired) electrons. The summed E-state index contributed by atoms with van der Waals surface area (Å²) in [7, 11) is 0. The second kappa shape index (κ2) is 8.70. The van der Waals surface area contributed by atoms with Gasteiger partial charge in [0.25, 0.3) is 0 Å². The highest BCUT2D eigenvalue weighted by Gasteiger charge is 2.56. The van der Waals surface area contributed by atoms with Crippen molar-refractivity contribution in [3.05, 3.63) is 63.3 Å². The molecule has 2 aliphatic carbocycles. The van der Waals surface area contributed by atoms with Crippen LogP contribution in [0.5, 0.6) is 0 Å². The average molecular weight is 556 g/mol. The number of carboxylic acids is 1. The number of nitrogens with zero attached hydrogens (tertiary/aromatic N) is 3. The lowest BCUT2D eigenvalue weighted by Gasteiger charge is -2.18. The highest BCUT2D eigenvalue weighted by molar-refractivity contribution is 7.22. The first kappa shape index (κ1) is 23.5. The van der Waals surface area contributed by atoms with E-state index in [4.69, 9.17) is 37.4 Å². The summed E-state index contributed by atoms with van der Waals surface area (Å²) in [6, 6.07) is 10.5. The summed E-state index contributed by atoms with van der Waals surface area (Å²) in [5.74, 6) is 0.320. The zero-order valence-corrected chi connectivity index (χ0v) is 22.1. The Labute approximate surface area is 226 Å². The molecule has 1 N–H and O–H groups in total. The average Bonchev–Trinajstić information content (AvgIpc) is 3.74. The van der Waals surface area contributed by atoms with Crippen molar-refractivity contribution < 1.29 is 19.2 Å². The summed E-state index contributed by atoms with van der Waals surface area (Å²) < 4.78 is 13.3. The van der Waals surface area contributed by atoms with Crippen LogP contribution in [-0.4, -0.2) is 40.4 Å². The Bertz CT molecular complexity index is 1520. The van der Waals surface area contributed by atoms with Crippen LogP contribution in [0.15, 0.2) is 40.9 Å². The first-order valence-corrected chi connectivity index (χ1v) is 13.9. The minimum absolute atomic E-state index is 0.0469. The van der Waals surface area contributed by atoms with Gasteiger partial charge in [0.05, 0.1) is 38.5 Å². The van der Waals surface area contributed by atoms with Gasteiger partial charge in [0.15, 0.2) is 5.13 Å². The van der Waals surface area contributed by atoms with Gasteiger partial charge in [-0.1, -0.05) is 45.8 Å². The van der Waals surface area contributed by atoms with Gasteiger partial charge in [0, 0.05) is 35.5 Å².